The first kappa shape index (κ1) is 17.0. The van der Waals surface area contributed by atoms with Gasteiger partial charge in [0.05, 0.1) is 25.4 Å². The van der Waals surface area contributed by atoms with Crippen LogP contribution in [0.2, 0.25) is 0 Å². The molecule has 3 rings (SSSR count). The average molecular weight is 333 g/mol. The fourth-order valence-electron chi connectivity index (χ4n) is 2.69. The molecule has 0 radical (unpaired) electrons. The van der Waals surface area contributed by atoms with E-state index in [9.17, 15) is 9.90 Å². The van der Waals surface area contributed by atoms with Crippen LogP contribution in [0.4, 0.5) is 0 Å². The smallest absolute Gasteiger partial charge is 0.255 e. The van der Waals surface area contributed by atoms with Gasteiger partial charge in [-0.05, 0) is 38.0 Å². The van der Waals surface area contributed by atoms with E-state index >= 15 is 0 Å². The third kappa shape index (κ3) is 3.17. The SMILES string of the molecule is CCc1ccc2occ(C(=O)NC3(CO)COC(C)(C)OC3)c2c1. The van der Waals surface area contributed by atoms with Crippen molar-refractivity contribution in [1.82, 2.24) is 5.32 Å². The lowest BCUT2D eigenvalue weighted by molar-refractivity contribution is -0.273. The maximum Gasteiger partial charge on any atom is 0.255 e. The predicted molar refractivity (Wildman–Crippen MR) is 88.9 cm³/mol. The number of benzene rings is 1. The van der Waals surface area contributed by atoms with Gasteiger partial charge in [-0.1, -0.05) is 13.0 Å². The Labute approximate surface area is 140 Å². The molecule has 2 aromatic rings. The highest BCUT2D eigenvalue weighted by molar-refractivity contribution is 6.06. The second kappa shape index (κ2) is 6.20. The third-order valence-electron chi connectivity index (χ3n) is 4.36. The number of aliphatic hydroxyl groups excluding tert-OH is 1. The van der Waals surface area contributed by atoms with Gasteiger partial charge in [-0.2, -0.15) is 0 Å². The van der Waals surface area contributed by atoms with Gasteiger partial charge in [-0.25, -0.2) is 0 Å². The largest absolute Gasteiger partial charge is 0.463 e. The summed E-state index contributed by atoms with van der Waals surface area (Å²) < 4.78 is 16.7. The number of fused-ring (bicyclic) bond motifs is 1. The summed E-state index contributed by atoms with van der Waals surface area (Å²) in [5.41, 5.74) is 1.27. The predicted octanol–water partition coefficient (Wildman–Crippen LogP) is 2.24. The van der Waals surface area contributed by atoms with E-state index in [2.05, 4.69) is 12.2 Å². The lowest BCUT2D eigenvalue weighted by atomic mass is 10.00. The van der Waals surface area contributed by atoms with Gasteiger partial charge in [0.1, 0.15) is 17.4 Å². The van der Waals surface area contributed by atoms with E-state index in [1.54, 1.807) is 13.8 Å². The van der Waals surface area contributed by atoms with Crippen LogP contribution in [0.5, 0.6) is 0 Å². The normalized spacial score (nSPS) is 19.3. The number of amides is 1. The topological polar surface area (TPSA) is 80.9 Å². The van der Waals surface area contributed by atoms with E-state index in [1.807, 2.05) is 18.2 Å². The van der Waals surface area contributed by atoms with E-state index in [0.717, 1.165) is 17.4 Å². The Balaban J connectivity index is 1.84. The molecule has 0 saturated carbocycles. The first-order chi connectivity index (χ1) is 11.4. The monoisotopic (exact) mass is 333 g/mol. The van der Waals surface area contributed by atoms with Crippen molar-refractivity contribution in [3.8, 4) is 0 Å². The highest BCUT2D eigenvalue weighted by atomic mass is 16.7. The van der Waals surface area contributed by atoms with E-state index in [-0.39, 0.29) is 25.7 Å². The molecule has 0 bridgehead atoms. The highest BCUT2D eigenvalue weighted by Gasteiger charge is 2.41. The summed E-state index contributed by atoms with van der Waals surface area (Å²) in [6.45, 7) is 5.74. The van der Waals surface area contributed by atoms with Crippen LogP contribution < -0.4 is 5.32 Å². The average Bonchev–Trinajstić information content (AvgIpc) is 3.00. The number of aryl methyl sites for hydroxylation is 1. The van der Waals surface area contributed by atoms with E-state index < -0.39 is 11.3 Å². The summed E-state index contributed by atoms with van der Waals surface area (Å²) in [6, 6.07) is 5.80. The molecule has 0 aliphatic carbocycles. The number of hydrogen-bond acceptors (Lipinski definition) is 5. The quantitative estimate of drug-likeness (QED) is 0.897. The molecule has 2 heterocycles. The molecular weight excluding hydrogens is 310 g/mol. The van der Waals surface area contributed by atoms with E-state index in [1.165, 1.54) is 6.26 Å². The van der Waals surface area contributed by atoms with Crippen molar-refractivity contribution < 1.29 is 23.8 Å². The summed E-state index contributed by atoms with van der Waals surface area (Å²) in [4.78, 5) is 12.7. The van der Waals surface area contributed by atoms with Crippen molar-refractivity contribution >= 4 is 16.9 Å². The molecule has 6 heteroatoms. The Bertz CT molecular complexity index is 739. The molecule has 1 saturated heterocycles. The van der Waals surface area contributed by atoms with Gasteiger partial charge in [0.25, 0.3) is 5.91 Å². The number of nitrogens with one attached hydrogen (secondary N) is 1. The Morgan fingerprint density at radius 2 is 2.00 bits per heavy atom. The Hall–Kier alpha value is -1.89. The molecule has 130 valence electrons. The van der Waals surface area contributed by atoms with Gasteiger partial charge in [0.15, 0.2) is 5.79 Å². The molecule has 1 aromatic heterocycles. The van der Waals surface area contributed by atoms with Crippen LogP contribution >= 0.6 is 0 Å². The Morgan fingerprint density at radius 3 is 2.62 bits per heavy atom. The van der Waals surface area contributed by atoms with Crippen molar-refractivity contribution in [2.24, 2.45) is 0 Å². The number of carbonyl (C=O) groups excluding carboxylic acids is 1. The number of ether oxygens (including phenoxy) is 2. The zero-order chi connectivity index (χ0) is 17.4. The van der Waals surface area contributed by atoms with Crippen LogP contribution in [0.25, 0.3) is 11.0 Å². The number of hydrogen-bond donors (Lipinski definition) is 2. The first-order valence-corrected chi connectivity index (χ1v) is 8.09. The first-order valence-electron chi connectivity index (χ1n) is 8.09. The van der Waals surface area contributed by atoms with Crippen molar-refractivity contribution in [3.63, 3.8) is 0 Å². The molecular formula is C18H23NO5. The van der Waals surface area contributed by atoms with Crippen molar-refractivity contribution in [2.75, 3.05) is 19.8 Å². The third-order valence-corrected chi connectivity index (χ3v) is 4.36. The maximum absolute atomic E-state index is 12.7. The summed E-state index contributed by atoms with van der Waals surface area (Å²) in [5.74, 6) is -1.04. The second-order valence-corrected chi connectivity index (χ2v) is 6.70. The number of furan rings is 1. The number of rotatable bonds is 4. The van der Waals surface area contributed by atoms with Gasteiger partial charge in [-0.3, -0.25) is 4.79 Å². The fraction of sp³-hybridized carbons (Fsp3) is 0.500. The summed E-state index contributed by atoms with van der Waals surface area (Å²) in [6.07, 6.45) is 2.32. The van der Waals surface area contributed by atoms with E-state index in [0.29, 0.717) is 11.1 Å². The summed E-state index contributed by atoms with van der Waals surface area (Å²) in [7, 11) is 0. The minimum absolute atomic E-state index is 0.179. The van der Waals surface area contributed by atoms with Gasteiger partial charge < -0.3 is 24.3 Å². The van der Waals surface area contributed by atoms with Crippen LogP contribution in [0, 0.1) is 0 Å². The fourth-order valence-corrected chi connectivity index (χ4v) is 2.69. The van der Waals surface area contributed by atoms with Crippen molar-refractivity contribution in [1.29, 1.82) is 0 Å². The Kier molecular flexibility index (Phi) is 4.38. The zero-order valence-corrected chi connectivity index (χ0v) is 14.2. The molecule has 1 amide bonds. The zero-order valence-electron chi connectivity index (χ0n) is 14.2. The molecule has 0 atom stereocenters. The Morgan fingerprint density at radius 1 is 1.29 bits per heavy atom. The molecule has 1 aliphatic rings. The molecule has 1 fully saturated rings. The minimum atomic E-state index is -0.960. The van der Waals surface area contributed by atoms with Crippen LogP contribution in [-0.2, 0) is 15.9 Å². The molecule has 24 heavy (non-hydrogen) atoms. The molecule has 6 nitrogen and oxygen atoms in total. The highest BCUT2D eigenvalue weighted by Crippen LogP contribution is 2.26. The molecule has 1 aromatic carbocycles. The minimum Gasteiger partial charge on any atom is -0.463 e. The molecule has 0 unspecified atom stereocenters. The summed E-state index contributed by atoms with van der Waals surface area (Å²) in [5, 5.41) is 13.4. The molecule has 1 aliphatic heterocycles. The second-order valence-electron chi connectivity index (χ2n) is 6.70. The number of aliphatic hydroxyl groups is 1. The number of carbonyl (C=O) groups is 1. The van der Waals surface area contributed by atoms with Gasteiger partial charge in [-0.15, -0.1) is 0 Å². The summed E-state index contributed by atoms with van der Waals surface area (Å²) >= 11 is 0. The van der Waals surface area contributed by atoms with Crippen molar-refractivity contribution in [3.05, 3.63) is 35.6 Å². The molecule has 0 spiro atoms. The van der Waals surface area contributed by atoms with Crippen LogP contribution in [0.1, 0.15) is 36.7 Å². The van der Waals surface area contributed by atoms with Gasteiger partial charge in [0, 0.05) is 5.39 Å². The lowest BCUT2D eigenvalue weighted by Crippen LogP contribution is -2.63. The molecule has 2 N–H and O–H groups in total. The van der Waals surface area contributed by atoms with Crippen LogP contribution in [0.3, 0.4) is 0 Å². The maximum atomic E-state index is 12.7. The van der Waals surface area contributed by atoms with Gasteiger partial charge in [0.2, 0.25) is 0 Å². The lowest BCUT2D eigenvalue weighted by Gasteiger charge is -2.42. The standard InChI is InChI=1S/C18H23NO5/c1-4-12-5-6-15-13(7-12)14(8-22-15)16(21)19-18(9-20)10-23-17(2,3)24-11-18/h5-8,20H,4,9-11H2,1-3H3,(H,19,21). The van der Waals surface area contributed by atoms with E-state index in [4.69, 9.17) is 13.9 Å². The van der Waals surface area contributed by atoms with Crippen molar-refractivity contribution in [2.45, 2.75) is 38.5 Å². The van der Waals surface area contributed by atoms with Crippen LogP contribution in [0.15, 0.2) is 28.9 Å². The van der Waals surface area contributed by atoms with Crippen LogP contribution in [-0.4, -0.2) is 42.2 Å². The van der Waals surface area contributed by atoms with Gasteiger partial charge >= 0.3 is 0 Å².